The van der Waals surface area contributed by atoms with Crippen molar-refractivity contribution in [3.63, 3.8) is 0 Å². The van der Waals surface area contributed by atoms with E-state index in [0.29, 0.717) is 0 Å². The third-order valence-corrected chi connectivity index (χ3v) is 5.96. The number of pyridine rings is 1. The van der Waals surface area contributed by atoms with Crippen molar-refractivity contribution in [3.05, 3.63) is 42.1 Å². The SMILES string of the molecule is CC[N+](CC)(CC)CCCSCc1cnc2ccccc2c1. The summed E-state index contributed by atoms with van der Waals surface area (Å²) < 4.78 is 1.26. The molecule has 2 rings (SSSR count). The van der Waals surface area contributed by atoms with Crippen molar-refractivity contribution < 1.29 is 4.48 Å². The third kappa shape index (κ3) is 4.47. The van der Waals surface area contributed by atoms with E-state index in [1.807, 2.05) is 24.0 Å². The first-order valence-electron chi connectivity index (χ1n) is 8.49. The van der Waals surface area contributed by atoms with Crippen molar-refractivity contribution >= 4 is 22.7 Å². The van der Waals surface area contributed by atoms with Crippen LogP contribution in [0, 0.1) is 0 Å². The van der Waals surface area contributed by atoms with Gasteiger partial charge >= 0.3 is 0 Å². The summed E-state index contributed by atoms with van der Waals surface area (Å²) in [7, 11) is 0. The Balaban J connectivity index is 1.78. The van der Waals surface area contributed by atoms with Crippen LogP contribution in [0.3, 0.4) is 0 Å². The second-order valence-electron chi connectivity index (χ2n) is 5.96. The number of hydrogen-bond acceptors (Lipinski definition) is 2. The molecule has 120 valence electrons. The predicted molar refractivity (Wildman–Crippen MR) is 99.3 cm³/mol. The van der Waals surface area contributed by atoms with Crippen LogP contribution < -0.4 is 0 Å². The summed E-state index contributed by atoms with van der Waals surface area (Å²) in [6.45, 7) is 12.0. The van der Waals surface area contributed by atoms with Crippen LogP contribution >= 0.6 is 11.8 Å². The summed E-state index contributed by atoms with van der Waals surface area (Å²) in [4.78, 5) is 4.54. The van der Waals surface area contributed by atoms with E-state index in [2.05, 4.69) is 50.0 Å². The standard InChI is InChI=1S/C19H29N2S/c1-4-21(5-2,6-3)12-9-13-22-16-17-14-18-10-7-8-11-19(18)20-15-17/h7-8,10-11,14-15H,4-6,9,12-13,16H2,1-3H3/q+1. The first-order valence-corrected chi connectivity index (χ1v) is 9.65. The zero-order valence-corrected chi connectivity index (χ0v) is 15.0. The van der Waals surface area contributed by atoms with Gasteiger partial charge in [-0.25, -0.2) is 0 Å². The molecular weight excluding hydrogens is 288 g/mol. The zero-order valence-electron chi connectivity index (χ0n) is 14.2. The molecule has 0 radical (unpaired) electrons. The normalized spacial score (nSPS) is 12.0. The van der Waals surface area contributed by atoms with Gasteiger partial charge in [0.05, 0.1) is 31.7 Å². The second kappa shape index (κ2) is 8.54. The lowest BCUT2D eigenvalue weighted by molar-refractivity contribution is -0.923. The fraction of sp³-hybridized carbons (Fsp3) is 0.526. The van der Waals surface area contributed by atoms with Crippen LogP contribution in [0.5, 0.6) is 0 Å². The molecule has 0 N–H and O–H groups in total. The van der Waals surface area contributed by atoms with Crippen LogP contribution in [0.1, 0.15) is 32.8 Å². The maximum Gasteiger partial charge on any atom is 0.0794 e. The maximum atomic E-state index is 4.54. The van der Waals surface area contributed by atoms with Gasteiger partial charge in [-0.3, -0.25) is 4.98 Å². The van der Waals surface area contributed by atoms with E-state index in [4.69, 9.17) is 0 Å². The van der Waals surface area contributed by atoms with E-state index in [0.717, 1.165) is 11.3 Å². The Morgan fingerprint density at radius 3 is 2.50 bits per heavy atom. The molecule has 0 bridgehead atoms. The van der Waals surface area contributed by atoms with Crippen molar-refractivity contribution in [1.29, 1.82) is 0 Å². The van der Waals surface area contributed by atoms with E-state index in [9.17, 15) is 0 Å². The van der Waals surface area contributed by atoms with Gasteiger partial charge in [0.25, 0.3) is 0 Å². The Kier molecular flexibility index (Phi) is 6.71. The van der Waals surface area contributed by atoms with Crippen LogP contribution in [-0.2, 0) is 5.75 Å². The molecule has 0 aliphatic rings. The molecule has 2 aromatic rings. The molecule has 1 aromatic heterocycles. The first kappa shape index (κ1) is 17.3. The molecule has 3 heteroatoms. The number of para-hydroxylation sites is 1. The molecule has 0 atom stereocenters. The van der Waals surface area contributed by atoms with Gasteiger partial charge in [-0.2, -0.15) is 11.8 Å². The van der Waals surface area contributed by atoms with Crippen LogP contribution in [0.15, 0.2) is 36.5 Å². The minimum atomic E-state index is 1.07. The number of aromatic nitrogens is 1. The van der Waals surface area contributed by atoms with Gasteiger partial charge in [0.15, 0.2) is 0 Å². The molecule has 0 aliphatic carbocycles. The number of fused-ring (bicyclic) bond motifs is 1. The molecule has 0 amide bonds. The van der Waals surface area contributed by atoms with Gasteiger partial charge in [0.2, 0.25) is 0 Å². The molecule has 0 aliphatic heterocycles. The van der Waals surface area contributed by atoms with Crippen LogP contribution in [-0.4, -0.2) is 41.4 Å². The lowest BCUT2D eigenvalue weighted by Gasteiger charge is -2.35. The van der Waals surface area contributed by atoms with Crippen molar-refractivity contribution in [1.82, 2.24) is 4.98 Å². The maximum absolute atomic E-state index is 4.54. The fourth-order valence-electron chi connectivity index (χ4n) is 3.03. The number of nitrogens with zero attached hydrogens (tertiary/aromatic N) is 2. The largest absolute Gasteiger partial charge is 0.324 e. The highest BCUT2D eigenvalue weighted by Gasteiger charge is 2.19. The number of quaternary nitrogens is 1. The lowest BCUT2D eigenvalue weighted by Crippen LogP contribution is -2.48. The lowest BCUT2D eigenvalue weighted by atomic mass is 10.2. The highest BCUT2D eigenvalue weighted by Crippen LogP contribution is 2.18. The molecule has 1 heterocycles. The molecule has 2 nitrogen and oxygen atoms in total. The Morgan fingerprint density at radius 1 is 1.05 bits per heavy atom. The van der Waals surface area contributed by atoms with Gasteiger partial charge in [0, 0.05) is 23.8 Å². The first-order chi connectivity index (χ1) is 10.7. The predicted octanol–water partition coefficient (Wildman–Crippen LogP) is 4.73. The van der Waals surface area contributed by atoms with Crippen molar-refractivity contribution in [2.75, 3.05) is 31.9 Å². The molecular formula is C19H29N2S+. The molecule has 0 unspecified atom stereocenters. The number of benzene rings is 1. The zero-order chi connectivity index (χ0) is 15.8. The number of hydrogen-bond donors (Lipinski definition) is 0. The van der Waals surface area contributed by atoms with Crippen LogP contribution in [0.2, 0.25) is 0 Å². The number of thioether (sulfide) groups is 1. The van der Waals surface area contributed by atoms with E-state index in [-0.39, 0.29) is 0 Å². The summed E-state index contributed by atoms with van der Waals surface area (Å²) in [6, 6.07) is 10.6. The average Bonchev–Trinajstić information content (AvgIpc) is 2.58. The highest BCUT2D eigenvalue weighted by molar-refractivity contribution is 7.98. The summed E-state index contributed by atoms with van der Waals surface area (Å²) in [6.07, 6.45) is 3.33. The molecule has 1 aromatic carbocycles. The Hall–Kier alpha value is -1.06. The Bertz CT molecular complexity index is 570. The highest BCUT2D eigenvalue weighted by atomic mass is 32.2. The molecule has 0 saturated carbocycles. The fourth-order valence-corrected chi connectivity index (χ4v) is 3.90. The smallest absolute Gasteiger partial charge is 0.0794 e. The molecule has 0 fully saturated rings. The Morgan fingerprint density at radius 2 is 1.77 bits per heavy atom. The monoisotopic (exact) mass is 317 g/mol. The van der Waals surface area contributed by atoms with E-state index >= 15 is 0 Å². The minimum Gasteiger partial charge on any atom is -0.324 e. The van der Waals surface area contributed by atoms with Gasteiger partial charge < -0.3 is 4.48 Å². The van der Waals surface area contributed by atoms with E-state index in [1.165, 1.54) is 53.8 Å². The van der Waals surface area contributed by atoms with Crippen LogP contribution in [0.4, 0.5) is 0 Å². The third-order valence-electron chi connectivity index (χ3n) is 4.85. The van der Waals surface area contributed by atoms with E-state index in [1.54, 1.807) is 0 Å². The van der Waals surface area contributed by atoms with Crippen molar-refractivity contribution in [2.45, 2.75) is 32.9 Å². The minimum absolute atomic E-state index is 1.07. The van der Waals surface area contributed by atoms with Crippen molar-refractivity contribution in [3.8, 4) is 0 Å². The summed E-state index contributed by atoms with van der Waals surface area (Å²) in [5, 5.41) is 1.25. The summed E-state index contributed by atoms with van der Waals surface area (Å²) in [5.41, 5.74) is 2.43. The topological polar surface area (TPSA) is 12.9 Å². The second-order valence-corrected chi connectivity index (χ2v) is 7.06. The molecule has 0 spiro atoms. The van der Waals surface area contributed by atoms with Gasteiger partial charge in [0.1, 0.15) is 0 Å². The van der Waals surface area contributed by atoms with Gasteiger partial charge in [-0.1, -0.05) is 18.2 Å². The summed E-state index contributed by atoms with van der Waals surface area (Å²) in [5.74, 6) is 2.31. The van der Waals surface area contributed by atoms with Gasteiger partial charge in [-0.15, -0.1) is 0 Å². The van der Waals surface area contributed by atoms with Crippen molar-refractivity contribution in [2.24, 2.45) is 0 Å². The number of rotatable bonds is 9. The van der Waals surface area contributed by atoms with E-state index < -0.39 is 0 Å². The molecule has 0 saturated heterocycles. The summed E-state index contributed by atoms with van der Waals surface area (Å²) >= 11 is 2.04. The van der Waals surface area contributed by atoms with Crippen LogP contribution in [0.25, 0.3) is 10.9 Å². The van der Waals surface area contributed by atoms with Gasteiger partial charge in [-0.05, 0) is 44.2 Å². The molecule has 22 heavy (non-hydrogen) atoms. The Labute approximate surface area is 139 Å². The average molecular weight is 318 g/mol. The quantitative estimate of drug-likeness (QED) is 0.489.